The van der Waals surface area contributed by atoms with E-state index in [1.54, 1.807) is 36.3 Å². The predicted molar refractivity (Wildman–Crippen MR) is 104 cm³/mol. The Morgan fingerprint density at radius 3 is 2.50 bits per heavy atom. The van der Waals surface area contributed by atoms with Gasteiger partial charge in [-0.05, 0) is 48.5 Å². The van der Waals surface area contributed by atoms with Crippen molar-refractivity contribution in [2.75, 3.05) is 38.3 Å². The zero-order valence-corrected chi connectivity index (χ0v) is 15.4. The second-order valence-electron chi connectivity index (χ2n) is 5.86. The van der Waals surface area contributed by atoms with Gasteiger partial charge in [0.1, 0.15) is 18.1 Å². The SMILES string of the molecule is COc1ccc(OCC(=O)NCC#Cc2ccc(N3CCOC3=O)cc2)cc1. The first kappa shape index (κ1) is 19.1. The third-order valence-corrected chi connectivity index (χ3v) is 3.98. The van der Waals surface area contributed by atoms with Crippen LogP contribution in [0, 0.1) is 11.8 Å². The van der Waals surface area contributed by atoms with Crippen LogP contribution in [0.25, 0.3) is 0 Å². The van der Waals surface area contributed by atoms with Crippen molar-refractivity contribution in [3.05, 3.63) is 54.1 Å². The van der Waals surface area contributed by atoms with Crippen molar-refractivity contribution < 1.29 is 23.8 Å². The summed E-state index contributed by atoms with van der Waals surface area (Å²) in [6.07, 6.45) is -0.335. The maximum atomic E-state index is 11.8. The first-order chi connectivity index (χ1) is 13.7. The number of methoxy groups -OCH3 is 1. The highest BCUT2D eigenvalue weighted by Crippen LogP contribution is 2.19. The Kier molecular flexibility index (Phi) is 6.37. The molecule has 0 spiro atoms. The summed E-state index contributed by atoms with van der Waals surface area (Å²) in [5, 5.41) is 2.68. The second-order valence-corrected chi connectivity index (χ2v) is 5.86. The molecule has 1 aliphatic rings. The molecule has 28 heavy (non-hydrogen) atoms. The van der Waals surface area contributed by atoms with Crippen molar-refractivity contribution in [3.63, 3.8) is 0 Å². The number of cyclic esters (lactones) is 1. The predicted octanol–water partition coefficient (Wildman–Crippen LogP) is 2.20. The Morgan fingerprint density at radius 1 is 1.14 bits per heavy atom. The number of amides is 2. The van der Waals surface area contributed by atoms with E-state index >= 15 is 0 Å². The Labute approximate surface area is 163 Å². The van der Waals surface area contributed by atoms with Crippen molar-refractivity contribution in [1.82, 2.24) is 5.32 Å². The fourth-order valence-electron chi connectivity index (χ4n) is 2.51. The van der Waals surface area contributed by atoms with Crippen LogP contribution in [0.3, 0.4) is 0 Å². The highest BCUT2D eigenvalue weighted by atomic mass is 16.6. The molecule has 2 aromatic rings. The molecule has 0 unspecified atom stereocenters. The molecule has 144 valence electrons. The van der Waals surface area contributed by atoms with E-state index in [1.165, 1.54) is 0 Å². The molecule has 7 nitrogen and oxygen atoms in total. The normalized spacial score (nSPS) is 12.6. The van der Waals surface area contributed by atoms with Crippen LogP contribution < -0.4 is 19.7 Å². The highest BCUT2D eigenvalue weighted by Gasteiger charge is 2.23. The molecule has 0 atom stereocenters. The lowest BCUT2D eigenvalue weighted by Crippen LogP contribution is -2.29. The van der Waals surface area contributed by atoms with Crippen LogP contribution in [0.5, 0.6) is 11.5 Å². The van der Waals surface area contributed by atoms with E-state index in [0.717, 1.165) is 17.0 Å². The van der Waals surface area contributed by atoms with Crippen LogP contribution in [0.4, 0.5) is 10.5 Å². The Balaban J connectivity index is 1.41. The van der Waals surface area contributed by atoms with Crippen molar-refractivity contribution in [3.8, 4) is 23.3 Å². The molecule has 0 aromatic heterocycles. The zero-order valence-electron chi connectivity index (χ0n) is 15.4. The molecule has 3 rings (SSSR count). The first-order valence-corrected chi connectivity index (χ1v) is 8.72. The van der Waals surface area contributed by atoms with Gasteiger partial charge in [0.25, 0.3) is 5.91 Å². The minimum atomic E-state index is -0.335. The van der Waals surface area contributed by atoms with E-state index in [-0.39, 0.29) is 25.2 Å². The van der Waals surface area contributed by atoms with Gasteiger partial charge in [0.05, 0.1) is 20.2 Å². The quantitative estimate of drug-likeness (QED) is 0.778. The number of benzene rings is 2. The third kappa shape index (κ3) is 5.17. The van der Waals surface area contributed by atoms with E-state index < -0.39 is 0 Å². The molecule has 1 saturated heterocycles. The molecule has 7 heteroatoms. The Hall–Kier alpha value is -3.66. The van der Waals surface area contributed by atoms with Gasteiger partial charge in [-0.2, -0.15) is 0 Å². The molecule has 0 bridgehead atoms. The van der Waals surface area contributed by atoms with Crippen molar-refractivity contribution in [2.24, 2.45) is 0 Å². The molecule has 0 saturated carbocycles. The lowest BCUT2D eigenvalue weighted by Gasteiger charge is -2.11. The van der Waals surface area contributed by atoms with Gasteiger partial charge in [-0.25, -0.2) is 4.79 Å². The monoisotopic (exact) mass is 380 g/mol. The Bertz CT molecular complexity index is 882. The third-order valence-electron chi connectivity index (χ3n) is 3.98. The summed E-state index contributed by atoms with van der Waals surface area (Å²) in [4.78, 5) is 24.9. The fourth-order valence-corrected chi connectivity index (χ4v) is 2.51. The minimum Gasteiger partial charge on any atom is -0.497 e. The summed E-state index contributed by atoms with van der Waals surface area (Å²) in [5.74, 6) is 6.90. The van der Waals surface area contributed by atoms with Crippen molar-refractivity contribution in [1.29, 1.82) is 0 Å². The van der Waals surface area contributed by atoms with E-state index in [0.29, 0.717) is 18.9 Å². The zero-order chi connectivity index (χ0) is 19.8. The van der Waals surface area contributed by atoms with Crippen LogP contribution in [-0.2, 0) is 9.53 Å². The van der Waals surface area contributed by atoms with Crippen LogP contribution in [0.2, 0.25) is 0 Å². The van der Waals surface area contributed by atoms with Gasteiger partial charge in [0.15, 0.2) is 6.61 Å². The summed E-state index contributed by atoms with van der Waals surface area (Å²) < 4.78 is 15.4. The lowest BCUT2D eigenvalue weighted by molar-refractivity contribution is -0.122. The molecule has 1 fully saturated rings. The Morgan fingerprint density at radius 2 is 1.86 bits per heavy atom. The summed E-state index contributed by atoms with van der Waals surface area (Å²) >= 11 is 0. The van der Waals surface area contributed by atoms with E-state index in [1.807, 2.05) is 24.3 Å². The summed E-state index contributed by atoms with van der Waals surface area (Å²) in [6, 6.07) is 14.3. The number of hydrogen-bond acceptors (Lipinski definition) is 5. The molecule has 1 N–H and O–H groups in total. The maximum Gasteiger partial charge on any atom is 0.414 e. The highest BCUT2D eigenvalue weighted by molar-refractivity contribution is 5.89. The number of carbonyl (C=O) groups excluding carboxylic acids is 2. The number of nitrogens with one attached hydrogen (secondary N) is 1. The van der Waals surface area contributed by atoms with Crippen LogP contribution in [-0.4, -0.2) is 45.4 Å². The molecular weight excluding hydrogens is 360 g/mol. The number of nitrogens with zero attached hydrogens (tertiary/aromatic N) is 1. The molecule has 2 aromatic carbocycles. The van der Waals surface area contributed by atoms with Gasteiger partial charge in [0, 0.05) is 11.3 Å². The average Bonchev–Trinajstić information content (AvgIpc) is 3.16. The number of rotatable bonds is 6. The van der Waals surface area contributed by atoms with Gasteiger partial charge >= 0.3 is 6.09 Å². The molecule has 0 aliphatic carbocycles. The van der Waals surface area contributed by atoms with E-state index in [9.17, 15) is 9.59 Å². The van der Waals surface area contributed by atoms with E-state index in [4.69, 9.17) is 14.2 Å². The smallest absolute Gasteiger partial charge is 0.414 e. The van der Waals surface area contributed by atoms with Crippen LogP contribution >= 0.6 is 0 Å². The molecule has 0 radical (unpaired) electrons. The van der Waals surface area contributed by atoms with Gasteiger partial charge < -0.3 is 19.5 Å². The van der Waals surface area contributed by atoms with Gasteiger partial charge in [-0.15, -0.1) is 0 Å². The summed E-state index contributed by atoms with van der Waals surface area (Å²) in [6.45, 7) is 1.08. The van der Waals surface area contributed by atoms with Crippen molar-refractivity contribution in [2.45, 2.75) is 0 Å². The number of anilines is 1. The molecule has 1 aliphatic heterocycles. The maximum absolute atomic E-state index is 11.8. The van der Waals surface area contributed by atoms with Gasteiger partial charge in [0.2, 0.25) is 0 Å². The largest absolute Gasteiger partial charge is 0.497 e. The minimum absolute atomic E-state index is 0.0887. The number of carbonyl (C=O) groups is 2. The summed E-state index contributed by atoms with van der Waals surface area (Å²) in [5.41, 5.74) is 1.57. The first-order valence-electron chi connectivity index (χ1n) is 8.72. The van der Waals surface area contributed by atoms with Gasteiger partial charge in [-0.1, -0.05) is 11.8 Å². The summed E-state index contributed by atoms with van der Waals surface area (Å²) in [7, 11) is 1.59. The number of ether oxygens (including phenoxy) is 3. The van der Waals surface area contributed by atoms with Crippen LogP contribution in [0.1, 0.15) is 5.56 Å². The van der Waals surface area contributed by atoms with Crippen molar-refractivity contribution >= 4 is 17.7 Å². The number of hydrogen-bond donors (Lipinski definition) is 1. The lowest BCUT2D eigenvalue weighted by atomic mass is 10.2. The average molecular weight is 380 g/mol. The fraction of sp³-hybridized carbons (Fsp3) is 0.238. The van der Waals surface area contributed by atoms with Gasteiger partial charge in [-0.3, -0.25) is 9.69 Å². The van der Waals surface area contributed by atoms with Crippen LogP contribution in [0.15, 0.2) is 48.5 Å². The van der Waals surface area contributed by atoms with E-state index in [2.05, 4.69) is 17.2 Å². The molecule has 1 heterocycles. The molecular formula is C21H20N2O5. The standard InChI is InChI=1S/C21H20N2O5/c1-26-18-8-10-19(11-9-18)28-15-20(24)22-12-2-3-16-4-6-17(7-5-16)23-13-14-27-21(23)25/h4-11H,12-15H2,1H3,(H,22,24). The molecule has 2 amide bonds. The second kappa shape index (κ2) is 9.33. The topological polar surface area (TPSA) is 77.1 Å².